The smallest absolute Gasteiger partial charge is 0.138 e. The molecule has 1 fully saturated rings. The van der Waals surface area contributed by atoms with Gasteiger partial charge in [0.05, 0.1) is 11.9 Å². The van der Waals surface area contributed by atoms with Crippen LogP contribution in [0, 0.1) is 17.3 Å². The van der Waals surface area contributed by atoms with Gasteiger partial charge < -0.3 is 16.5 Å². The Morgan fingerprint density at radius 2 is 1.55 bits per heavy atom. The van der Waals surface area contributed by atoms with E-state index in [1.165, 1.54) is 22.3 Å². The second-order valence-corrected chi connectivity index (χ2v) is 13.8. The average Bonchev–Trinajstić information content (AvgIpc) is 3.44. The number of nitrogens with one attached hydrogen (secondary N) is 1. The number of H-pyrrole nitrogens is 1. The van der Waals surface area contributed by atoms with Gasteiger partial charge in [0.15, 0.2) is 0 Å². The van der Waals surface area contributed by atoms with Gasteiger partial charge in [0.1, 0.15) is 10.7 Å². The third-order valence-electron chi connectivity index (χ3n) is 7.94. The molecule has 2 aliphatic rings. The molecule has 4 unspecified atom stereocenters. The van der Waals surface area contributed by atoms with Crippen LogP contribution in [0.1, 0.15) is 65.8 Å². The summed E-state index contributed by atoms with van der Waals surface area (Å²) >= 11 is 1.79. The largest absolute Gasteiger partial charge is 0.340 e. The molecule has 0 radical (unpaired) electrons. The Kier molecular flexibility index (Phi) is 7.18. The van der Waals surface area contributed by atoms with Crippen molar-refractivity contribution in [3.63, 3.8) is 0 Å². The number of imidazole rings is 1. The zero-order valence-corrected chi connectivity index (χ0v) is 24.3. The van der Waals surface area contributed by atoms with Crippen molar-refractivity contribution in [1.29, 1.82) is 0 Å². The maximum absolute atomic E-state index is 6.66. The highest BCUT2D eigenvalue weighted by Gasteiger charge is 2.61. The number of benzene rings is 2. The number of hydrogen-bond donors (Lipinski definition) is 3. The quantitative estimate of drug-likeness (QED) is 0.295. The second-order valence-electron chi connectivity index (χ2n) is 12.4. The summed E-state index contributed by atoms with van der Waals surface area (Å²) in [6.45, 7) is 13.3. The van der Waals surface area contributed by atoms with Crippen molar-refractivity contribution in [2.24, 2.45) is 33.7 Å². The average molecular weight is 528 g/mol. The van der Waals surface area contributed by atoms with E-state index in [1.54, 1.807) is 11.8 Å². The summed E-state index contributed by atoms with van der Waals surface area (Å²) in [6.07, 6.45) is 6.02. The lowest BCUT2D eigenvalue weighted by Crippen LogP contribution is -2.38. The van der Waals surface area contributed by atoms with E-state index >= 15 is 0 Å². The van der Waals surface area contributed by atoms with E-state index < -0.39 is 4.87 Å². The topological polar surface area (TPSA) is 93.1 Å². The predicted octanol–water partition coefficient (Wildman–Crippen LogP) is 7.21. The van der Waals surface area contributed by atoms with E-state index in [2.05, 4.69) is 100 Å². The molecule has 200 valence electrons. The molecule has 5 N–H and O–H groups in total. The van der Waals surface area contributed by atoms with Crippen LogP contribution in [-0.4, -0.2) is 27.0 Å². The molecule has 3 aromatic rings. The molecule has 0 saturated carbocycles. The Morgan fingerprint density at radius 1 is 0.974 bits per heavy atom. The summed E-state index contributed by atoms with van der Waals surface area (Å²) in [5.74, 6) is 1.66. The summed E-state index contributed by atoms with van der Waals surface area (Å²) in [6, 6.07) is 17.5. The molecule has 5 rings (SSSR count). The van der Waals surface area contributed by atoms with E-state index in [0.29, 0.717) is 17.1 Å². The first-order valence-electron chi connectivity index (χ1n) is 13.7. The van der Waals surface area contributed by atoms with E-state index in [-0.39, 0.29) is 11.5 Å². The number of nitrogens with two attached hydrogens (primary N) is 2. The monoisotopic (exact) mass is 527 g/mol. The number of nitrogens with zero attached hydrogens (tertiary/aromatic N) is 2. The molecule has 0 aliphatic carbocycles. The van der Waals surface area contributed by atoms with Crippen LogP contribution in [0.15, 0.2) is 65.9 Å². The van der Waals surface area contributed by atoms with Crippen LogP contribution >= 0.6 is 11.8 Å². The number of thioether (sulfide) groups is 1. The summed E-state index contributed by atoms with van der Waals surface area (Å²) in [5.41, 5.74) is 21.4. The molecular formula is C32H41N5S. The maximum Gasteiger partial charge on any atom is 0.138 e. The van der Waals surface area contributed by atoms with E-state index in [0.717, 1.165) is 35.6 Å². The zero-order chi connectivity index (χ0) is 27.2. The first kappa shape index (κ1) is 26.9. The summed E-state index contributed by atoms with van der Waals surface area (Å²) < 4.78 is 0. The fourth-order valence-corrected chi connectivity index (χ4v) is 6.74. The second kappa shape index (κ2) is 10.1. The van der Waals surface area contributed by atoms with Crippen molar-refractivity contribution >= 4 is 23.0 Å². The van der Waals surface area contributed by atoms with Crippen molar-refractivity contribution in [2.45, 2.75) is 70.5 Å². The fraction of sp³-hybridized carbons (Fsp3) is 0.438. The third-order valence-corrected chi connectivity index (χ3v) is 9.82. The van der Waals surface area contributed by atoms with Gasteiger partial charge in [0.25, 0.3) is 0 Å². The Hall–Kier alpha value is -2.67. The predicted molar refractivity (Wildman–Crippen MR) is 163 cm³/mol. The molecule has 4 atom stereocenters. The number of aromatic nitrogens is 2. The van der Waals surface area contributed by atoms with Crippen LogP contribution in [0.5, 0.6) is 0 Å². The number of aromatic amines is 1. The minimum Gasteiger partial charge on any atom is -0.340 e. The molecule has 6 heteroatoms. The van der Waals surface area contributed by atoms with Crippen LogP contribution in [0.3, 0.4) is 0 Å². The molecule has 1 aromatic heterocycles. The highest BCUT2D eigenvalue weighted by Crippen LogP contribution is 2.63. The molecule has 0 bridgehead atoms. The molecule has 5 nitrogen and oxygen atoms in total. The lowest BCUT2D eigenvalue weighted by atomic mass is 9.88. The zero-order valence-electron chi connectivity index (χ0n) is 23.5. The van der Waals surface area contributed by atoms with E-state index in [4.69, 9.17) is 16.5 Å². The minimum atomic E-state index is -0.420. The van der Waals surface area contributed by atoms with Gasteiger partial charge in [0.2, 0.25) is 0 Å². The van der Waals surface area contributed by atoms with Crippen LogP contribution in [0.4, 0.5) is 0 Å². The molecule has 3 heterocycles. The van der Waals surface area contributed by atoms with Crippen LogP contribution in [0.2, 0.25) is 0 Å². The summed E-state index contributed by atoms with van der Waals surface area (Å²) in [7, 11) is 0. The van der Waals surface area contributed by atoms with Gasteiger partial charge in [-0.2, -0.15) is 0 Å². The van der Waals surface area contributed by atoms with Crippen LogP contribution in [0.25, 0.3) is 28.0 Å². The Morgan fingerprint density at radius 3 is 2.11 bits per heavy atom. The van der Waals surface area contributed by atoms with E-state index in [1.807, 2.05) is 12.4 Å². The molecule has 38 heavy (non-hydrogen) atoms. The standard InChI is InChI=1S/C32H41N5S/c1-19(2)27(33)28-20(3)7-8-25(17-35-28)23-11-9-21(10-12-23)22-13-15-24(16-14-22)26-18-36-30(37-26)32(34)29(38-32)31(4,5)6/h9-20,27,29H,7-8,33-34H2,1-6H3,(H,36,37). The van der Waals surface area contributed by atoms with Gasteiger partial charge in [-0.05, 0) is 57.9 Å². The van der Waals surface area contributed by atoms with Gasteiger partial charge in [-0.25, -0.2) is 4.98 Å². The maximum atomic E-state index is 6.66. The van der Waals surface area contributed by atoms with Gasteiger partial charge in [0, 0.05) is 23.2 Å². The first-order chi connectivity index (χ1) is 18.0. The first-order valence-corrected chi connectivity index (χ1v) is 14.6. The molecule has 2 aliphatic heterocycles. The minimum absolute atomic E-state index is 0.0173. The lowest BCUT2D eigenvalue weighted by molar-refractivity contribution is 0.377. The van der Waals surface area contributed by atoms with Crippen LogP contribution in [-0.2, 0) is 4.87 Å². The lowest BCUT2D eigenvalue weighted by Gasteiger charge is -2.22. The Bertz CT molecular complexity index is 1340. The highest BCUT2D eigenvalue weighted by atomic mass is 32.2. The van der Waals surface area contributed by atoms with Gasteiger partial charge in [-0.1, -0.05) is 90.1 Å². The van der Waals surface area contributed by atoms with Crippen LogP contribution < -0.4 is 11.5 Å². The van der Waals surface area contributed by atoms with Gasteiger partial charge in [-0.15, -0.1) is 11.8 Å². The Balaban J connectivity index is 1.29. The highest BCUT2D eigenvalue weighted by molar-refractivity contribution is 8.08. The number of aliphatic imine (C=N–C) groups is 1. The van der Waals surface area contributed by atoms with Crippen molar-refractivity contribution in [2.75, 3.05) is 0 Å². The Labute approximate surface area is 231 Å². The number of allylic oxidation sites excluding steroid dienone is 1. The summed E-state index contributed by atoms with van der Waals surface area (Å²) in [5, 5.41) is 0.364. The third kappa shape index (κ3) is 5.27. The fourth-order valence-electron chi connectivity index (χ4n) is 5.39. The van der Waals surface area contributed by atoms with Crippen molar-refractivity contribution in [3.05, 3.63) is 72.3 Å². The number of hydrogen-bond acceptors (Lipinski definition) is 5. The summed E-state index contributed by atoms with van der Waals surface area (Å²) in [4.78, 5) is 12.5. The SMILES string of the molecule is CC1CCC(c2ccc(-c3ccc(-c4cnc(C5(N)SC5C(C)(C)C)[nH]4)cc3)cc2)=CN=C1C(N)C(C)C. The van der Waals surface area contributed by atoms with Crippen molar-refractivity contribution in [1.82, 2.24) is 9.97 Å². The molecular weight excluding hydrogens is 486 g/mol. The van der Waals surface area contributed by atoms with Gasteiger partial charge in [-0.3, -0.25) is 4.99 Å². The number of rotatable bonds is 6. The molecule has 1 saturated heterocycles. The molecule has 2 aromatic carbocycles. The molecule has 0 amide bonds. The van der Waals surface area contributed by atoms with Crippen molar-refractivity contribution < 1.29 is 0 Å². The molecule has 0 spiro atoms. The van der Waals surface area contributed by atoms with E-state index in [9.17, 15) is 0 Å². The normalized spacial score (nSPS) is 24.6. The van der Waals surface area contributed by atoms with Gasteiger partial charge >= 0.3 is 0 Å². The van der Waals surface area contributed by atoms with Crippen molar-refractivity contribution in [3.8, 4) is 22.4 Å².